The highest BCUT2D eigenvalue weighted by atomic mass is 19.1. The lowest BCUT2D eigenvalue weighted by molar-refractivity contribution is -0.908. The molecule has 1 aromatic carbocycles. The first-order valence-corrected chi connectivity index (χ1v) is 6.96. The van der Waals surface area contributed by atoms with Gasteiger partial charge in [-0.1, -0.05) is 19.1 Å². The molecule has 0 saturated carbocycles. The highest BCUT2D eigenvalue weighted by Gasteiger charge is 2.18. The zero-order valence-electron chi connectivity index (χ0n) is 11.1. The molecule has 100 valence electrons. The van der Waals surface area contributed by atoms with Gasteiger partial charge in [0.2, 0.25) is 0 Å². The van der Waals surface area contributed by atoms with E-state index in [1.165, 1.54) is 32.0 Å². The Kier molecular flexibility index (Phi) is 5.00. The van der Waals surface area contributed by atoms with Crippen molar-refractivity contribution < 1.29 is 14.0 Å². The van der Waals surface area contributed by atoms with Crippen LogP contribution in [-0.2, 0) is 0 Å². The average molecular weight is 252 g/mol. The minimum atomic E-state index is -0.267. The van der Waals surface area contributed by atoms with Gasteiger partial charge in [-0.3, -0.25) is 0 Å². The van der Waals surface area contributed by atoms with E-state index < -0.39 is 0 Å². The number of hydrogen-bond donors (Lipinski definition) is 1. The molecular formula is C15H23FNO+. The molecule has 18 heavy (non-hydrogen) atoms. The number of rotatable bonds is 5. The predicted octanol–water partition coefficient (Wildman–Crippen LogP) is 1.91. The Bertz CT molecular complexity index is 369. The van der Waals surface area contributed by atoms with Crippen molar-refractivity contribution in [2.45, 2.75) is 26.2 Å². The summed E-state index contributed by atoms with van der Waals surface area (Å²) in [5.41, 5.74) is 0. The van der Waals surface area contributed by atoms with Crippen molar-refractivity contribution in [3.63, 3.8) is 0 Å². The van der Waals surface area contributed by atoms with Crippen LogP contribution in [0.25, 0.3) is 0 Å². The van der Waals surface area contributed by atoms with E-state index in [4.69, 9.17) is 4.74 Å². The van der Waals surface area contributed by atoms with Crippen molar-refractivity contribution in [2.24, 2.45) is 5.92 Å². The summed E-state index contributed by atoms with van der Waals surface area (Å²) in [6.45, 7) is 6.64. The molecule has 0 radical (unpaired) electrons. The van der Waals surface area contributed by atoms with E-state index in [9.17, 15) is 4.39 Å². The lowest BCUT2D eigenvalue weighted by atomic mass is 10.0. The van der Waals surface area contributed by atoms with Gasteiger partial charge < -0.3 is 9.64 Å². The molecule has 1 unspecified atom stereocenters. The van der Waals surface area contributed by atoms with E-state index in [1.54, 1.807) is 23.1 Å². The highest BCUT2D eigenvalue weighted by Crippen LogP contribution is 2.15. The van der Waals surface area contributed by atoms with Crippen LogP contribution < -0.4 is 9.64 Å². The van der Waals surface area contributed by atoms with Crippen LogP contribution in [0.4, 0.5) is 4.39 Å². The van der Waals surface area contributed by atoms with Gasteiger partial charge in [0.05, 0.1) is 26.2 Å². The minimum Gasteiger partial charge on any atom is -0.490 e. The number of ether oxygens (including phenoxy) is 1. The second-order valence-electron chi connectivity index (χ2n) is 5.33. The molecule has 1 aliphatic rings. The van der Waals surface area contributed by atoms with Gasteiger partial charge in [-0.05, 0) is 25.0 Å². The van der Waals surface area contributed by atoms with Crippen LogP contribution in [0.5, 0.6) is 5.75 Å². The number of nitrogens with one attached hydrogen (secondary N) is 1. The first kappa shape index (κ1) is 13.3. The van der Waals surface area contributed by atoms with Crippen molar-refractivity contribution in [1.29, 1.82) is 0 Å². The van der Waals surface area contributed by atoms with Crippen molar-refractivity contribution >= 4 is 0 Å². The number of benzene rings is 1. The van der Waals surface area contributed by atoms with E-state index in [0.717, 1.165) is 18.9 Å². The van der Waals surface area contributed by atoms with E-state index in [1.807, 2.05) is 0 Å². The summed E-state index contributed by atoms with van der Waals surface area (Å²) in [7, 11) is 0. The second kappa shape index (κ2) is 6.74. The third-order valence-corrected chi connectivity index (χ3v) is 3.63. The predicted molar refractivity (Wildman–Crippen MR) is 70.5 cm³/mol. The van der Waals surface area contributed by atoms with Gasteiger partial charge >= 0.3 is 0 Å². The summed E-state index contributed by atoms with van der Waals surface area (Å²) in [6.07, 6.45) is 3.70. The fourth-order valence-corrected chi connectivity index (χ4v) is 2.69. The molecule has 2 atom stereocenters. The topological polar surface area (TPSA) is 13.7 Å². The fraction of sp³-hybridized carbons (Fsp3) is 0.600. The largest absolute Gasteiger partial charge is 0.490 e. The number of piperidine rings is 1. The normalized spacial score (nSPS) is 23.9. The van der Waals surface area contributed by atoms with Crippen LogP contribution in [0.2, 0.25) is 0 Å². The maximum atomic E-state index is 13.3. The molecule has 1 heterocycles. The molecule has 0 bridgehead atoms. The summed E-state index contributed by atoms with van der Waals surface area (Å²) in [5, 5.41) is 0. The quantitative estimate of drug-likeness (QED) is 0.790. The molecular weight excluding hydrogens is 229 g/mol. The van der Waals surface area contributed by atoms with E-state index >= 15 is 0 Å². The van der Waals surface area contributed by atoms with Crippen molar-refractivity contribution in [3.05, 3.63) is 30.1 Å². The Morgan fingerprint density at radius 3 is 3.00 bits per heavy atom. The molecule has 1 N–H and O–H groups in total. The Hall–Kier alpha value is -1.09. The van der Waals surface area contributed by atoms with Crippen LogP contribution in [0, 0.1) is 11.7 Å². The minimum absolute atomic E-state index is 0.267. The van der Waals surface area contributed by atoms with Gasteiger partial charge in [-0.15, -0.1) is 0 Å². The van der Waals surface area contributed by atoms with E-state index in [0.29, 0.717) is 12.4 Å². The second-order valence-corrected chi connectivity index (χ2v) is 5.33. The van der Waals surface area contributed by atoms with Crippen molar-refractivity contribution in [1.82, 2.24) is 0 Å². The standard InChI is InChI=1S/C15H22FNO/c1-13-6-4-9-17(12-13)10-5-11-18-15-8-3-2-7-14(15)16/h2-3,7-8,13H,4-6,9-12H2,1H3/p+1/t13-/m0/s1. The molecule has 0 amide bonds. The zero-order valence-corrected chi connectivity index (χ0v) is 11.1. The van der Waals surface area contributed by atoms with Crippen LogP contribution >= 0.6 is 0 Å². The number of para-hydroxylation sites is 1. The zero-order chi connectivity index (χ0) is 12.8. The van der Waals surface area contributed by atoms with Gasteiger partial charge in [0.1, 0.15) is 0 Å². The smallest absolute Gasteiger partial charge is 0.165 e. The molecule has 1 aromatic rings. The summed E-state index contributed by atoms with van der Waals surface area (Å²) in [4.78, 5) is 1.67. The Balaban J connectivity index is 1.65. The first-order valence-electron chi connectivity index (χ1n) is 6.96. The molecule has 1 fully saturated rings. The first-order chi connectivity index (χ1) is 8.75. The van der Waals surface area contributed by atoms with Crippen LogP contribution in [-0.4, -0.2) is 26.2 Å². The third kappa shape index (κ3) is 3.98. The molecule has 1 aliphatic heterocycles. The maximum absolute atomic E-state index is 13.3. The fourth-order valence-electron chi connectivity index (χ4n) is 2.69. The van der Waals surface area contributed by atoms with Gasteiger partial charge in [-0.25, -0.2) is 4.39 Å². The van der Waals surface area contributed by atoms with Crippen molar-refractivity contribution in [3.8, 4) is 5.75 Å². The molecule has 3 heteroatoms. The van der Waals surface area contributed by atoms with E-state index in [2.05, 4.69) is 6.92 Å². The maximum Gasteiger partial charge on any atom is 0.165 e. The number of hydrogen-bond acceptors (Lipinski definition) is 1. The Morgan fingerprint density at radius 1 is 1.39 bits per heavy atom. The van der Waals surface area contributed by atoms with Crippen LogP contribution in [0.1, 0.15) is 26.2 Å². The molecule has 2 nitrogen and oxygen atoms in total. The van der Waals surface area contributed by atoms with E-state index in [-0.39, 0.29) is 5.82 Å². The van der Waals surface area contributed by atoms with Gasteiger partial charge in [-0.2, -0.15) is 0 Å². The van der Waals surface area contributed by atoms with Gasteiger partial charge in [0, 0.05) is 12.3 Å². The molecule has 2 rings (SSSR count). The van der Waals surface area contributed by atoms with Gasteiger partial charge in [0.25, 0.3) is 0 Å². The Labute approximate surface area is 109 Å². The summed E-state index contributed by atoms with van der Waals surface area (Å²) in [6, 6.07) is 6.61. The number of halogens is 1. The lowest BCUT2D eigenvalue weighted by Crippen LogP contribution is -3.13. The summed E-state index contributed by atoms with van der Waals surface area (Å²) >= 11 is 0. The molecule has 0 aromatic heterocycles. The lowest BCUT2D eigenvalue weighted by Gasteiger charge is -2.27. The third-order valence-electron chi connectivity index (χ3n) is 3.63. The SMILES string of the molecule is C[C@H]1CCC[NH+](CCCOc2ccccc2F)C1. The number of quaternary nitrogens is 1. The van der Waals surface area contributed by atoms with Crippen molar-refractivity contribution in [2.75, 3.05) is 26.2 Å². The Morgan fingerprint density at radius 2 is 2.22 bits per heavy atom. The average Bonchev–Trinajstić information content (AvgIpc) is 2.37. The monoisotopic (exact) mass is 252 g/mol. The number of likely N-dealkylation sites (tertiary alicyclic amines) is 1. The molecule has 0 spiro atoms. The van der Waals surface area contributed by atoms with Gasteiger partial charge in [0.15, 0.2) is 11.6 Å². The highest BCUT2D eigenvalue weighted by molar-refractivity contribution is 5.23. The molecule has 1 saturated heterocycles. The summed E-state index contributed by atoms with van der Waals surface area (Å²) in [5.74, 6) is 0.956. The molecule has 0 aliphatic carbocycles. The summed E-state index contributed by atoms with van der Waals surface area (Å²) < 4.78 is 18.8. The van der Waals surface area contributed by atoms with Crippen LogP contribution in [0.3, 0.4) is 0 Å². The van der Waals surface area contributed by atoms with Crippen LogP contribution in [0.15, 0.2) is 24.3 Å².